The molecule has 240 valence electrons. The van der Waals surface area contributed by atoms with E-state index in [1.807, 2.05) is 36.4 Å². The summed E-state index contributed by atoms with van der Waals surface area (Å²) in [4.78, 5) is 7.26. The zero-order chi connectivity index (χ0) is 33.7. The van der Waals surface area contributed by atoms with Crippen molar-refractivity contribution in [2.24, 2.45) is 0 Å². The molecule has 0 radical (unpaired) electrons. The number of anilines is 3. The van der Waals surface area contributed by atoms with Crippen LogP contribution < -0.4 is 4.90 Å². The normalized spacial score (nSPS) is 11.5. The maximum atomic E-state index is 6.52. The van der Waals surface area contributed by atoms with Gasteiger partial charge in [0.05, 0.1) is 16.7 Å². The molecule has 0 saturated carbocycles. The summed E-state index contributed by atoms with van der Waals surface area (Å²) in [5.41, 5.74) is 11.6. The van der Waals surface area contributed by atoms with Crippen LogP contribution in [0.15, 0.2) is 192 Å². The van der Waals surface area contributed by atoms with Crippen LogP contribution in [0, 0.1) is 0 Å². The van der Waals surface area contributed by atoms with Gasteiger partial charge in [-0.2, -0.15) is 0 Å². The molecule has 51 heavy (non-hydrogen) atoms. The minimum atomic E-state index is 0.620. The molecule has 0 atom stereocenters. The number of rotatable bonds is 6. The number of aromatic nitrogens is 2. The van der Waals surface area contributed by atoms with E-state index in [0.717, 1.165) is 66.8 Å². The summed E-state index contributed by atoms with van der Waals surface area (Å²) in [6, 6.07) is 66.3. The molecule has 2 heterocycles. The highest BCUT2D eigenvalue weighted by Gasteiger charge is 2.21. The lowest BCUT2D eigenvalue weighted by Gasteiger charge is -2.28. The first kappa shape index (κ1) is 29.0. The van der Waals surface area contributed by atoms with Gasteiger partial charge in [-0.3, -0.25) is 0 Å². The van der Waals surface area contributed by atoms with Gasteiger partial charge in [0.2, 0.25) is 5.89 Å². The predicted octanol–water partition coefficient (Wildman–Crippen LogP) is 12.9. The van der Waals surface area contributed by atoms with Crippen LogP contribution in [0.1, 0.15) is 0 Å². The van der Waals surface area contributed by atoms with E-state index in [-0.39, 0.29) is 0 Å². The van der Waals surface area contributed by atoms with Crippen LogP contribution in [0.2, 0.25) is 0 Å². The van der Waals surface area contributed by atoms with Gasteiger partial charge in [-0.15, -0.1) is 0 Å². The molecule has 2 aromatic heterocycles. The van der Waals surface area contributed by atoms with Crippen LogP contribution in [0.25, 0.3) is 71.9 Å². The Labute approximate surface area is 295 Å². The van der Waals surface area contributed by atoms with Crippen molar-refractivity contribution in [2.45, 2.75) is 0 Å². The average molecular weight is 654 g/mol. The lowest BCUT2D eigenvalue weighted by atomic mass is 10.0. The summed E-state index contributed by atoms with van der Waals surface area (Å²) in [7, 11) is 0. The first-order valence-electron chi connectivity index (χ1n) is 17.2. The zero-order valence-corrected chi connectivity index (χ0v) is 27.6. The molecule has 0 aliphatic heterocycles. The van der Waals surface area contributed by atoms with Crippen LogP contribution in [0.5, 0.6) is 0 Å². The molecular weight excluding hydrogens is 623 g/mol. The second kappa shape index (κ2) is 11.9. The lowest BCUT2D eigenvalue weighted by molar-refractivity contribution is 0.623. The quantitative estimate of drug-likeness (QED) is 0.179. The molecule has 0 fully saturated rings. The Kier molecular flexibility index (Phi) is 6.78. The van der Waals surface area contributed by atoms with E-state index in [1.54, 1.807) is 0 Å². The molecule has 4 nitrogen and oxygen atoms in total. The monoisotopic (exact) mass is 653 g/mol. The molecule has 0 N–H and O–H groups in total. The highest BCUT2D eigenvalue weighted by molar-refractivity contribution is 6.11. The lowest BCUT2D eigenvalue weighted by Crippen LogP contribution is -2.11. The Hall–Kier alpha value is -6.91. The standard InChI is InChI=1S/C47H31N3O/c1-4-14-32(15-5-1)38-20-10-12-22-43(38)49(36-26-24-33-25-28-42-46(40(33)30-36)51-47(48-42)34-16-6-2-7-17-34)37-27-29-45-41(31-37)39-21-11-13-23-44(39)50(45)35-18-8-3-9-19-35/h1-31H. The molecule has 0 aliphatic carbocycles. The Morgan fingerprint density at radius 3 is 1.88 bits per heavy atom. The van der Waals surface area contributed by atoms with E-state index in [1.165, 1.54) is 16.3 Å². The largest absolute Gasteiger partial charge is 0.435 e. The maximum Gasteiger partial charge on any atom is 0.227 e. The summed E-state index contributed by atoms with van der Waals surface area (Å²) in [6.45, 7) is 0. The van der Waals surface area contributed by atoms with Crippen molar-refractivity contribution >= 4 is 60.7 Å². The third-order valence-electron chi connectivity index (χ3n) is 9.79. The Balaban J connectivity index is 1.23. The molecule has 0 amide bonds. The van der Waals surface area contributed by atoms with Gasteiger partial charge in [0.25, 0.3) is 0 Å². The summed E-state index contributed by atoms with van der Waals surface area (Å²) in [5.74, 6) is 0.620. The number of oxazole rings is 1. The Bertz CT molecular complexity index is 2850. The van der Waals surface area contributed by atoms with Crippen LogP contribution >= 0.6 is 0 Å². The fraction of sp³-hybridized carbons (Fsp3) is 0. The van der Waals surface area contributed by atoms with E-state index < -0.39 is 0 Å². The van der Waals surface area contributed by atoms with Gasteiger partial charge < -0.3 is 13.9 Å². The Morgan fingerprint density at radius 2 is 1.08 bits per heavy atom. The van der Waals surface area contributed by atoms with Gasteiger partial charge in [-0.05, 0) is 83.7 Å². The molecular formula is C47H31N3O. The molecule has 8 aromatic carbocycles. The second-order valence-corrected chi connectivity index (χ2v) is 12.8. The zero-order valence-electron chi connectivity index (χ0n) is 27.6. The molecule has 0 spiro atoms. The third kappa shape index (κ3) is 4.88. The van der Waals surface area contributed by atoms with Gasteiger partial charge in [0.1, 0.15) is 5.52 Å². The predicted molar refractivity (Wildman–Crippen MR) is 211 cm³/mol. The number of benzene rings is 8. The third-order valence-corrected chi connectivity index (χ3v) is 9.79. The highest BCUT2D eigenvalue weighted by Crippen LogP contribution is 2.44. The van der Waals surface area contributed by atoms with Crippen LogP contribution in [0.3, 0.4) is 0 Å². The first-order chi connectivity index (χ1) is 25.3. The number of nitrogens with zero attached hydrogens (tertiary/aromatic N) is 3. The van der Waals surface area contributed by atoms with Crippen molar-refractivity contribution in [2.75, 3.05) is 4.90 Å². The van der Waals surface area contributed by atoms with E-state index in [0.29, 0.717) is 5.89 Å². The van der Waals surface area contributed by atoms with Crippen molar-refractivity contribution in [3.63, 3.8) is 0 Å². The molecule has 4 heteroatoms. The highest BCUT2D eigenvalue weighted by atomic mass is 16.3. The van der Waals surface area contributed by atoms with Gasteiger partial charge in [-0.25, -0.2) is 4.98 Å². The van der Waals surface area contributed by atoms with E-state index in [2.05, 4.69) is 161 Å². The van der Waals surface area contributed by atoms with Crippen molar-refractivity contribution in [3.8, 4) is 28.3 Å². The number of hydrogen-bond donors (Lipinski definition) is 0. The van der Waals surface area contributed by atoms with Crippen LogP contribution in [-0.2, 0) is 0 Å². The van der Waals surface area contributed by atoms with Crippen molar-refractivity contribution in [1.82, 2.24) is 9.55 Å². The fourth-order valence-electron chi connectivity index (χ4n) is 7.45. The van der Waals surface area contributed by atoms with Gasteiger partial charge >= 0.3 is 0 Å². The topological polar surface area (TPSA) is 34.2 Å². The number of para-hydroxylation sites is 3. The molecule has 0 unspecified atom stereocenters. The van der Waals surface area contributed by atoms with Crippen molar-refractivity contribution < 1.29 is 4.42 Å². The Morgan fingerprint density at radius 1 is 0.471 bits per heavy atom. The SMILES string of the molecule is c1ccc(-c2nc3ccc4ccc(N(c5ccc6c(c5)c5ccccc5n6-c5ccccc5)c5ccccc5-c5ccccc5)cc4c3o2)cc1. The van der Waals surface area contributed by atoms with E-state index in [4.69, 9.17) is 9.40 Å². The van der Waals surface area contributed by atoms with Gasteiger partial charge in [0.15, 0.2) is 5.58 Å². The molecule has 10 aromatic rings. The maximum absolute atomic E-state index is 6.52. The van der Waals surface area contributed by atoms with Crippen LogP contribution in [-0.4, -0.2) is 9.55 Å². The molecule has 10 rings (SSSR count). The summed E-state index contributed by atoms with van der Waals surface area (Å²) in [6.07, 6.45) is 0. The van der Waals surface area contributed by atoms with Crippen molar-refractivity contribution in [3.05, 3.63) is 188 Å². The van der Waals surface area contributed by atoms with Gasteiger partial charge in [-0.1, -0.05) is 115 Å². The fourth-order valence-corrected chi connectivity index (χ4v) is 7.45. The smallest absolute Gasteiger partial charge is 0.227 e. The number of fused-ring (bicyclic) bond motifs is 6. The molecule has 0 saturated heterocycles. The minimum Gasteiger partial charge on any atom is -0.435 e. The summed E-state index contributed by atoms with van der Waals surface area (Å²) in [5, 5.41) is 4.52. The minimum absolute atomic E-state index is 0.620. The number of hydrogen-bond acceptors (Lipinski definition) is 3. The van der Waals surface area contributed by atoms with Gasteiger partial charge in [0, 0.05) is 44.3 Å². The molecule has 0 aliphatic rings. The average Bonchev–Trinajstić information content (AvgIpc) is 3.79. The van der Waals surface area contributed by atoms with Crippen LogP contribution in [0.4, 0.5) is 17.1 Å². The second-order valence-electron chi connectivity index (χ2n) is 12.8. The summed E-state index contributed by atoms with van der Waals surface area (Å²) < 4.78 is 8.88. The first-order valence-corrected chi connectivity index (χ1v) is 17.2. The van der Waals surface area contributed by atoms with E-state index in [9.17, 15) is 0 Å². The van der Waals surface area contributed by atoms with E-state index >= 15 is 0 Å². The molecule has 0 bridgehead atoms. The summed E-state index contributed by atoms with van der Waals surface area (Å²) >= 11 is 0. The van der Waals surface area contributed by atoms with Crippen molar-refractivity contribution in [1.29, 1.82) is 0 Å².